The van der Waals surface area contributed by atoms with Crippen LogP contribution in [0.1, 0.15) is 42.6 Å². The zero-order valence-corrected chi connectivity index (χ0v) is 11.9. The lowest BCUT2D eigenvalue weighted by Gasteiger charge is -2.09. The predicted octanol–water partition coefficient (Wildman–Crippen LogP) is 2.98. The van der Waals surface area contributed by atoms with Gasteiger partial charge in [0.1, 0.15) is 11.5 Å². The average molecular weight is 311 g/mol. The molecule has 0 radical (unpaired) electrons. The Hall–Kier alpha value is -1.07. The third-order valence-corrected chi connectivity index (χ3v) is 4.20. The van der Waals surface area contributed by atoms with Crippen molar-refractivity contribution in [2.75, 3.05) is 0 Å². The van der Waals surface area contributed by atoms with E-state index >= 15 is 0 Å². The fourth-order valence-electron chi connectivity index (χ4n) is 2.30. The summed E-state index contributed by atoms with van der Waals surface area (Å²) >= 11 is 3.39. The summed E-state index contributed by atoms with van der Waals surface area (Å²) in [4.78, 5) is 0. The van der Waals surface area contributed by atoms with E-state index in [1.54, 1.807) is 17.9 Å². The summed E-state index contributed by atoms with van der Waals surface area (Å²) in [5, 5.41) is 14.4. The number of aliphatic hydroxyl groups excluding tert-OH is 1. The van der Waals surface area contributed by atoms with E-state index in [2.05, 4.69) is 28.0 Å². The van der Waals surface area contributed by atoms with Crippen LogP contribution in [-0.4, -0.2) is 14.9 Å². The summed E-state index contributed by atoms with van der Waals surface area (Å²) < 4.78 is 8.20. The molecular weight excluding hydrogens is 296 g/mol. The van der Waals surface area contributed by atoms with Gasteiger partial charge in [-0.2, -0.15) is 5.10 Å². The highest BCUT2D eigenvalue weighted by atomic mass is 79.9. The highest BCUT2D eigenvalue weighted by Gasteiger charge is 2.37. The SMILES string of the molecule is CC1CC1c1ccc(C(O)c2c(Br)cnn2C)o1. The number of halogens is 1. The molecule has 1 aliphatic carbocycles. The maximum Gasteiger partial charge on any atom is 0.154 e. The zero-order chi connectivity index (χ0) is 12.9. The second-order valence-corrected chi connectivity index (χ2v) is 5.82. The Bertz CT molecular complexity index is 556. The summed E-state index contributed by atoms with van der Waals surface area (Å²) in [6.07, 6.45) is 2.07. The molecule has 96 valence electrons. The van der Waals surface area contributed by atoms with Gasteiger partial charge in [-0.05, 0) is 40.4 Å². The predicted molar refractivity (Wildman–Crippen MR) is 70.2 cm³/mol. The molecular formula is C13H15BrN2O2. The van der Waals surface area contributed by atoms with Crippen LogP contribution in [-0.2, 0) is 7.05 Å². The summed E-state index contributed by atoms with van der Waals surface area (Å²) in [7, 11) is 1.80. The van der Waals surface area contributed by atoms with Crippen LogP contribution >= 0.6 is 15.9 Å². The van der Waals surface area contributed by atoms with Crippen LogP contribution in [0.2, 0.25) is 0 Å². The Labute approximate surface area is 114 Å². The second-order valence-electron chi connectivity index (χ2n) is 4.96. The zero-order valence-electron chi connectivity index (χ0n) is 10.3. The number of hydrogen-bond acceptors (Lipinski definition) is 3. The molecule has 0 spiro atoms. The smallest absolute Gasteiger partial charge is 0.154 e. The van der Waals surface area contributed by atoms with Crippen molar-refractivity contribution < 1.29 is 9.52 Å². The fourth-order valence-corrected chi connectivity index (χ4v) is 2.86. The van der Waals surface area contributed by atoms with E-state index in [-0.39, 0.29) is 0 Å². The van der Waals surface area contributed by atoms with Gasteiger partial charge in [0.25, 0.3) is 0 Å². The summed E-state index contributed by atoms with van der Waals surface area (Å²) in [5.74, 6) is 2.79. The average Bonchev–Trinajstić information content (AvgIpc) is 2.78. The number of rotatable bonds is 3. The first-order valence-corrected chi connectivity index (χ1v) is 6.82. The van der Waals surface area contributed by atoms with Crippen molar-refractivity contribution >= 4 is 15.9 Å². The van der Waals surface area contributed by atoms with Gasteiger partial charge in [0.2, 0.25) is 0 Å². The topological polar surface area (TPSA) is 51.2 Å². The van der Waals surface area contributed by atoms with E-state index in [1.165, 1.54) is 6.42 Å². The van der Waals surface area contributed by atoms with Crippen molar-refractivity contribution in [3.8, 4) is 0 Å². The van der Waals surface area contributed by atoms with Gasteiger partial charge in [-0.1, -0.05) is 6.92 Å². The number of aromatic nitrogens is 2. The van der Waals surface area contributed by atoms with E-state index in [0.29, 0.717) is 23.3 Å². The molecule has 5 heteroatoms. The molecule has 1 fully saturated rings. The van der Waals surface area contributed by atoms with Gasteiger partial charge < -0.3 is 9.52 Å². The summed E-state index contributed by atoms with van der Waals surface area (Å²) in [5.41, 5.74) is 0.708. The lowest BCUT2D eigenvalue weighted by Crippen LogP contribution is -2.06. The largest absolute Gasteiger partial charge is 0.463 e. The Morgan fingerprint density at radius 3 is 2.83 bits per heavy atom. The maximum absolute atomic E-state index is 10.3. The maximum atomic E-state index is 10.3. The van der Waals surface area contributed by atoms with Crippen molar-refractivity contribution in [3.63, 3.8) is 0 Å². The number of hydrogen-bond donors (Lipinski definition) is 1. The lowest BCUT2D eigenvalue weighted by molar-refractivity contribution is 0.177. The lowest BCUT2D eigenvalue weighted by atomic mass is 10.2. The van der Waals surface area contributed by atoms with Crippen LogP contribution in [0.3, 0.4) is 0 Å². The van der Waals surface area contributed by atoms with Crippen molar-refractivity contribution in [2.45, 2.75) is 25.4 Å². The minimum Gasteiger partial charge on any atom is -0.463 e. The number of furan rings is 1. The Balaban J connectivity index is 1.88. The molecule has 1 aliphatic rings. The summed E-state index contributed by atoms with van der Waals surface area (Å²) in [6.45, 7) is 2.21. The second kappa shape index (κ2) is 4.24. The van der Waals surface area contributed by atoms with Crippen LogP contribution in [0, 0.1) is 5.92 Å². The van der Waals surface area contributed by atoms with Crippen molar-refractivity contribution in [1.29, 1.82) is 0 Å². The minimum absolute atomic E-state index is 0.529. The van der Waals surface area contributed by atoms with E-state index in [0.717, 1.165) is 10.2 Å². The van der Waals surface area contributed by atoms with Gasteiger partial charge in [0, 0.05) is 13.0 Å². The van der Waals surface area contributed by atoms with Crippen LogP contribution < -0.4 is 0 Å². The van der Waals surface area contributed by atoms with Gasteiger partial charge in [0.15, 0.2) is 6.10 Å². The molecule has 0 bridgehead atoms. The molecule has 3 rings (SSSR count). The number of aryl methyl sites for hydroxylation is 1. The Morgan fingerprint density at radius 2 is 2.28 bits per heavy atom. The first kappa shape index (κ1) is 12.0. The minimum atomic E-state index is -0.783. The van der Waals surface area contributed by atoms with E-state index in [1.807, 2.05) is 12.1 Å². The van der Waals surface area contributed by atoms with Crippen molar-refractivity contribution in [1.82, 2.24) is 9.78 Å². The van der Waals surface area contributed by atoms with Crippen LogP contribution in [0.25, 0.3) is 0 Å². The van der Waals surface area contributed by atoms with E-state index in [4.69, 9.17) is 4.42 Å². The highest BCUT2D eigenvalue weighted by Crippen LogP contribution is 2.47. The molecule has 2 aromatic heterocycles. The van der Waals surface area contributed by atoms with Crippen LogP contribution in [0.15, 0.2) is 27.2 Å². The molecule has 18 heavy (non-hydrogen) atoms. The third-order valence-electron chi connectivity index (χ3n) is 3.59. The third kappa shape index (κ3) is 1.91. The summed E-state index contributed by atoms with van der Waals surface area (Å²) in [6, 6.07) is 3.82. The van der Waals surface area contributed by atoms with Gasteiger partial charge in [-0.25, -0.2) is 0 Å². The monoisotopic (exact) mass is 310 g/mol. The quantitative estimate of drug-likeness (QED) is 0.948. The first-order chi connectivity index (χ1) is 8.58. The van der Waals surface area contributed by atoms with Crippen molar-refractivity contribution in [3.05, 3.63) is 40.0 Å². The van der Waals surface area contributed by atoms with E-state index in [9.17, 15) is 5.11 Å². The molecule has 2 heterocycles. The molecule has 0 saturated heterocycles. The molecule has 3 unspecified atom stereocenters. The normalized spacial score (nSPS) is 24.2. The van der Waals surface area contributed by atoms with Gasteiger partial charge in [-0.3, -0.25) is 4.68 Å². The molecule has 0 aliphatic heterocycles. The number of nitrogens with zero attached hydrogens (tertiary/aromatic N) is 2. The van der Waals surface area contributed by atoms with E-state index < -0.39 is 6.10 Å². The fraction of sp³-hybridized carbons (Fsp3) is 0.462. The van der Waals surface area contributed by atoms with Crippen LogP contribution in [0.4, 0.5) is 0 Å². The molecule has 4 nitrogen and oxygen atoms in total. The van der Waals surface area contributed by atoms with Gasteiger partial charge >= 0.3 is 0 Å². The molecule has 2 aromatic rings. The Morgan fingerprint density at radius 1 is 1.56 bits per heavy atom. The first-order valence-electron chi connectivity index (χ1n) is 6.03. The highest BCUT2D eigenvalue weighted by molar-refractivity contribution is 9.10. The van der Waals surface area contributed by atoms with Crippen molar-refractivity contribution in [2.24, 2.45) is 13.0 Å². The number of aliphatic hydroxyl groups is 1. The van der Waals surface area contributed by atoms with Gasteiger partial charge in [-0.15, -0.1) is 0 Å². The van der Waals surface area contributed by atoms with Gasteiger partial charge in [0.05, 0.1) is 16.4 Å². The molecule has 3 atom stereocenters. The molecule has 1 saturated carbocycles. The van der Waals surface area contributed by atoms with Crippen LogP contribution in [0.5, 0.6) is 0 Å². The molecule has 0 amide bonds. The molecule has 0 aromatic carbocycles. The standard InChI is InChI=1S/C13H15BrN2O2/c1-7-5-8(7)10-3-4-11(18-10)13(17)12-9(14)6-15-16(12)2/h3-4,6-8,13,17H,5H2,1-2H3. The Kier molecular flexibility index (Phi) is 2.83. The molecule has 1 N–H and O–H groups in total.